The smallest absolute Gasteiger partial charge is 0.397 e. The number of nitrogen functional groups attached to an aromatic ring is 2. The molecule has 33 heavy (non-hydrogen) atoms. The fourth-order valence-electron chi connectivity index (χ4n) is 2.42. The van der Waals surface area contributed by atoms with Crippen LogP contribution >= 0.6 is 0 Å². The Morgan fingerprint density at radius 3 is 1.67 bits per heavy atom. The zero-order valence-electron chi connectivity index (χ0n) is 20.4. The van der Waals surface area contributed by atoms with E-state index in [-0.39, 0.29) is 30.4 Å². The van der Waals surface area contributed by atoms with Gasteiger partial charge in [-0.05, 0) is 36.6 Å². The largest absolute Gasteiger partial charge is 2.00 e. The van der Waals surface area contributed by atoms with E-state index in [9.17, 15) is 9.59 Å². The van der Waals surface area contributed by atoms with E-state index < -0.39 is 0 Å². The number of hydrogen-bond acceptors (Lipinski definition) is 4. The van der Waals surface area contributed by atoms with Crippen LogP contribution in [-0.2, 0) is 28.1 Å². The van der Waals surface area contributed by atoms with Crippen LogP contribution in [0.3, 0.4) is 0 Å². The first kappa shape index (κ1) is 32.6. The van der Waals surface area contributed by atoms with E-state index in [0.29, 0.717) is 41.0 Å². The molecule has 2 rings (SSSR count). The van der Waals surface area contributed by atoms with Gasteiger partial charge in [-0.25, -0.2) is 0 Å². The molecular formula is C26H40N4O2V. The molecule has 0 aliphatic heterocycles. The Morgan fingerprint density at radius 2 is 1.27 bits per heavy atom. The van der Waals surface area contributed by atoms with Crippen molar-refractivity contribution in [2.45, 2.75) is 53.4 Å². The third-order valence-electron chi connectivity index (χ3n) is 3.91. The minimum absolute atomic E-state index is 0. The van der Waals surface area contributed by atoms with Crippen LogP contribution in [0.4, 0.5) is 22.7 Å². The molecule has 7 heteroatoms. The van der Waals surface area contributed by atoms with Gasteiger partial charge in [0.15, 0.2) is 0 Å². The van der Waals surface area contributed by atoms with Gasteiger partial charge in [0.05, 0.1) is 28.7 Å². The number of nitrogens with one attached hydrogen (secondary N) is 2. The van der Waals surface area contributed by atoms with Crippen LogP contribution in [0.1, 0.15) is 53.4 Å². The molecule has 6 nitrogen and oxygen atoms in total. The summed E-state index contributed by atoms with van der Waals surface area (Å²) in [6, 6.07) is 14.4. The summed E-state index contributed by atoms with van der Waals surface area (Å²) in [5, 5.41) is 5.33. The fraction of sp³-hybridized carbons (Fsp3) is 0.385. The van der Waals surface area contributed by atoms with Gasteiger partial charge >= 0.3 is 18.6 Å². The topological polar surface area (TPSA) is 110 Å². The maximum Gasteiger partial charge on any atom is 2.00 e. The second kappa shape index (κ2) is 19.0. The molecule has 0 saturated heterocycles. The third kappa shape index (κ3) is 18.7. The Kier molecular flexibility index (Phi) is 18.7. The molecule has 2 aromatic rings. The molecule has 0 heterocycles. The van der Waals surface area contributed by atoms with Crippen LogP contribution in [-0.4, -0.2) is 11.8 Å². The fourth-order valence-corrected chi connectivity index (χ4v) is 2.42. The number of anilines is 4. The predicted octanol–water partition coefficient (Wildman–Crippen LogP) is 5.94. The van der Waals surface area contributed by atoms with Crippen LogP contribution in [0.5, 0.6) is 0 Å². The zero-order valence-corrected chi connectivity index (χ0v) is 21.8. The molecule has 0 aliphatic rings. The number of para-hydroxylation sites is 4. The van der Waals surface area contributed by atoms with E-state index in [1.807, 2.05) is 18.2 Å². The predicted molar refractivity (Wildman–Crippen MR) is 138 cm³/mol. The van der Waals surface area contributed by atoms with Crippen molar-refractivity contribution in [1.29, 1.82) is 0 Å². The Bertz CT molecular complexity index is 808. The molecule has 1 radical (unpaired) electrons. The Hall–Kier alpha value is -2.57. The zero-order chi connectivity index (χ0) is 24.5. The molecule has 2 amide bonds. The number of amides is 2. The maximum absolute atomic E-state index is 11.6. The van der Waals surface area contributed by atoms with Gasteiger partial charge < -0.3 is 40.7 Å². The molecule has 0 fully saturated rings. The van der Waals surface area contributed by atoms with Crippen LogP contribution in [0.25, 0.3) is 0 Å². The monoisotopic (exact) mass is 491 g/mol. The number of carbonyl (C=O) groups is 2. The number of benzene rings is 2. The summed E-state index contributed by atoms with van der Waals surface area (Å²) in [6.45, 7) is 15.3. The van der Waals surface area contributed by atoms with Gasteiger partial charge in [-0.3, -0.25) is 4.79 Å². The van der Waals surface area contributed by atoms with Crippen molar-refractivity contribution in [2.24, 2.45) is 11.8 Å². The van der Waals surface area contributed by atoms with Crippen LogP contribution in [0, 0.1) is 25.7 Å². The van der Waals surface area contributed by atoms with Crippen molar-refractivity contribution in [3.63, 3.8) is 0 Å². The normalized spacial score (nSPS) is 9.55. The number of rotatable bonds is 7. The minimum atomic E-state index is -0.358. The van der Waals surface area contributed by atoms with Crippen molar-refractivity contribution in [2.75, 3.05) is 22.1 Å². The Labute approximate surface area is 212 Å². The minimum Gasteiger partial charge on any atom is -0.397 e. The van der Waals surface area contributed by atoms with Gasteiger partial charge in [0.2, 0.25) is 5.91 Å². The van der Waals surface area contributed by atoms with Gasteiger partial charge in [0, 0.05) is 6.42 Å². The van der Waals surface area contributed by atoms with Crippen molar-refractivity contribution in [3.8, 4) is 0 Å². The molecule has 2 aromatic carbocycles. The number of nitrogens with two attached hydrogens (primary N) is 2. The van der Waals surface area contributed by atoms with Crippen molar-refractivity contribution in [1.82, 2.24) is 0 Å². The van der Waals surface area contributed by atoms with Gasteiger partial charge in [-0.15, -0.1) is 0 Å². The first-order valence-electron chi connectivity index (χ1n) is 11.0. The second-order valence-electron chi connectivity index (χ2n) is 8.30. The molecule has 0 unspecified atom stereocenters. The average molecular weight is 492 g/mol. The van der Waals surface area contributed by atoms with E-state index in [4.69, 9.17) is 11.5 Å². The van der Waals surface area contributed by atoms with E-state index in [1.165, 1.54) is 6.42 Å². The molecule has 0 bridgehead atoms. The molecule has 0 saturated carbocycles. The van der Waals surface area contributed by atoms with Gasteiger partial charge in [0.25, 0.3) is 0 Å². The summed E-state index contributed by atoms with van der Waals surface area (Å²) < 4.78 is 0. The first-order valence-corrected chi connectivity index (χ1v) is 11.0. The number of hydrogen-bond donors (Lipinski definition) is 4. The van der Waals surface area contributed by atoms with Crippen molar-refractivity contribution >= 4 is 34.6 Å². The Balaban J connectivity index is 0. The van der Waals surface area contributed by atoms with Gasteiger partial charge in [-0.2, -0.15) is 5.92 Å². The molecule has 0 aromatic heterocycles. The summed E-state index contributed by atoms with van der Waals surface area (Å²) in [5.41, 5.74) is 13.7. The maximum atomic E-state index is 11.6. The van der Waals surface area contributed by atoms with Crippen LogP contribution < -0.4 is 22.1 Å². The SMILES string of the molecule is CC(C)CCCCC(=O)Nc1ccccc1N.[CH2-]C(=O)Nc1ccccc1N.[CH2-]C(C)C.[V+2]. The molecule has 6 N–H and O–H groups in total. The van der Waals surface area contributed by atoms with E-state index >= 15 is 0 Å². The quantitative estimate of drug-likeness (QED) is 0.218. The van der Waals surface area contributed by atoms with Crippen LogP contribution in [0.15, 0.2) is 48.5 Å². The third-order valence-corrected chi connectivity index (χ3v) is 3.91. The standard InChI is InChI=1S/C14H22N2O.C8H9N2O.C4H9.V/c1-11(2)7-3-6-10-14(17)16-13-9-5-4-8-12(13)15;1-6(11)10-8-5-3-2-4-7(8)9;1-4(2)3;/h4-5,8-9,11H,3,6-7,10,15H2,1-2H3,(H,16,17);2-5H,1,9H2,(H,10,11);4H,1H2,2-3H3;/q;2*-1;+2. The summed E-state index contributed by atoms with van der Waals surface area (Å²) in [6.07, 6.45) is 3.80. The first-order chi connectivity index (χ1) is 15.0. The van der Waals surface area contributed by atoms with Crippen molar-refractivity contribution in [3.05, 3.63) is 62.4 Å². The van der Waals surface area contributed by atoms with Crippen molar-refractivity contribution < 1.29 is 28.1 Å². The summed E-state index contributed by atoms with van der Waals surface area (Å²) >= 11 is 0. The summed E-state index contributed by atoms with van der Waals surface area (Å²) in [4.78, 5) is 22.1. The number of carbonyl (C=O) groups excluding carboxylic acids is 2. The van der Waals surface area contributed by atoms with E-state index in [1.54, 1.807) is 30.3 Å². The molecular weight excluding hydrogens is 451 g/mol. The molecule has 0 spiro atoms. The molecule has 0 aliphatic carbocycles. The average Bonchev–Trinajstić information content (AvgIpc) is 2.68. The Morgan fingerprint density at radius 1 is 0.848 bits per heavy atom. The molecule has 181 valence electrons. The summed E-state index contributed by atoms with van der Waals surface area (Å²) in [5.74, 6) is 0.984. The van der Waals surface area contributed by atoms with Crippen LogP contribution in [0.2, 0.25) is 0 Å². The van der Waals surface area contributed by atoms with Gasteiger partial charge in [-0.1, -0.05) is 64.8 Å². The van der Waals surface area contributed by atoms with E-state index in [2.05, 4.69) is 52.2 Å². The number of unbranched alkanes of at least 4 members (excludes halogenated alkanes) is 1. The second-order valence-corrected chi connectivity index (χ2v) is 8.30. The van der Waals surface area contributed by atoms with E-state index in [0.717, 1.165) is 12.8 Å². The summed E-state index contributed by atoms with van der Waals surface area (Å²) in [7, 11) is 0. The van der Waals surface area contributed by atoms with Gasteiger partial charge in [0.1, 0.15) is 0 Å². The molecule has 0 atom stereocenters.